The van der Waals surface area contributed by atoms with Gasteiger partial charge in [-0.05, 0) is 24.6 Å². The maximum Gasteiger partial charge on any atom is 0.259 e. The van der Waals surface area contributed by atoms with E-state index in [9.17, 15) is 4.79 Å². The highest BCUT2D eigenvalue weighted by Crippen LogP contribution is 2.27. The number of carbonyl (C=O) groups is 1. The molecule has 7 nitrogen and oxygen atoms in total. The van der Waals surface area contributed by atoms with Crippen LogP contribution in [0.1, 0.15) is 22.8 Å². The third-order valence-electron chi connectivity index (χ3n) is 4.83. The summed E-state index contributed by atoms with van der Waals surface area (Å²) in [6.07, 6.45) is 7.87. The van der Waals surface area contributed by atoms with Crippen molar-refractivity contribution < 1.29 is 4.79 Å². The Hall–Kier alpha value is -3.22. The largest absolute Gasteiger partial charge is 0.336 e. The molecule has 7 heteroatoms. The highest BCUT2D eigenvalue weighted by molar-refractivity contribution is 5.99. The van der Waals surface area contributed by atoms with Crippen molar-refractivity contribution in [2.24, 2.45) is 0 Å². The smallest absolute Gasteiger partial charge is 0.259 e. The molecule has 0 N–H and O–H groups in total. The number of likely N-dealkylation sites (tertiary alicyclic amines) is 1. The van der Waals surface area contributed by atoms with Crippen molar-refractivity contribution in [3.63, 3.8) is 0 Å². The van der Waals surface area contributed by atoms with Gasteiger partial charge in [0.2, 0.25) is 0 Å². The van der Waals surface area contributed by atoms with E-state index in [1.165, 1.54) is 0 Å². The van der Waals surface area contributed by atoms with Crippen LogP contribution in [0.4, 0.5) is 0 Å². The van der Waals surface area contributed by atoms with Crippen molar-refractivity contribution >= 4 is 22.6 Å². The Balaban J connectivity index is 1.43. The predicted octanol–water partition coefficient (Wildman–Crippen LogP) is 2.17. The summed E-state index contributed by atoms with van der Waals surface area (Å²) < 4.78 is 3.81. The first-order valence-electron chi connectivity index (χ1n) is 8.30. The van der Waals surface area contributed by atoms with Gasteiger partial charge in [0, 0.05) is 25.5 Å². The highest BCUT2D eigenvalue weighted by Gasteiger charge is 2.30. The van der Waals surface area contributed by atoms with Crippen LogP contribution in [0.5, 0.6) is 0 Å². The fraction of sp³-hybridized carbons (Fsp3) is 0.222. The Morgan fingerprint density at radius 3 is 3.04 bits per heavy atom. The molecule has 1 saturated heterocycles. The van der Waals surface area contributed by atoms with E-state index in [4.69, 9.17) is 0 Å². The summed E-state index contributed by atoms with van der Waals surface area (Å²) in [6, 6.07) is 10.1. The second kappa shape index (κ2) is 5.41. The van der Waals surface area contributed by atoms with Crippen LogP contribution in [0.3, 0.4) is 0 Å². The summed E-state index contributed by atoms with van der Waals surface area (Å²) in [7, 11) is 0. The minimum Gasteiger partial charge on any atom is -0.336 e. The molecule has 1 fully saturated rings. The average molecular weight is 332 g/mol. The van der Waals surface area contributed by atoms with E-state index in [1.54, 1.807) is 29.2 Å². The van der Waals surface area contributed by atoms with E-state index in [1.807, 2.05) is 29.4 Å². The van der Waals surface area contributed by atoms with Gasteiger partial charge in [-0.25, -0.2) is 14.5 Å². The van der Waals surface area contributed by atoms with Crippen LogP contribution < -0.4 is 0 Å². The fourth-order valence-electron chi connectivity index (χ4n) is 3.57. The van der Waals surface area contributed by atoms with Crippen LogP contribution in [0, 0.1) is 0 Å². The molecule has 1 aliphatic heterocycles. The van der Waals surface area contributed by atoms with Crippen molar-refractivity contribution in [3.05, 3.63) is 60.8 Å². The maximum absolute atomic E-state index is 12.9. The summed E-state index contributed by atoms with van der Waals surface area (Å²) >= 11 is 0. The topological polar surface area (TPSA) is 68.3 Å². The molecule has 1 aliphatic rings. The molecule has 4 heterocycles. The van der Waals surface area contributed by atoms with Gasteiger partial charge in [-0.1, -0.05) is 12.1 Å². The Morgan fingerprint density at radius 2 is 2.08 bits per heavy atom. The Morgan fingerprint density at radius 1 is 1.16 bits per heavy atom. The SMILES string of the molecule is O=C(c1cnn2cccnc12)N1CCC(n2cnc3ccccc32)C1. The summed E-state index contributed by atoms with van der Waals surface area (Å²) in [5.74, 6) is -0.0133. The summed E-state index contributed by atoms with van der Waals surface area (Å²) in [5, 5.41) is 4.21. The lowest BCUT2D eigenvalue weighted by atomic mass is 10.2. The van der Waals surface area contributed by atoms with Crippen molar-refractivity contribution in [3.8, 4) is 0 Å². The molecule has 5 rings (SSSR count). The second-order valence-electron chi connectivity index (χ2n) is 6.28. The number of fused-ring (bicyclic) bond motifs is 2. The van der Waals surface area contributed by atoms with Gasteiger partial charge in [0.05, 0.1) is 29.6 Å². The lowest BCUT2D eigenvalue weighted by Crippen LogP contribution is -2.29. The molecular formula is C18H16N6O. The third-order valence-corrected chi connectivity index (χ3v) is 4.83. The average Bonchev–Trinajstić information content (AvgIpc) is 3.38. The molecule has 0 saturated carbocycles. The van der Waals surface area contributed by atoms with Crippen LogP contribution in [-0.4, -0.2) is 48.0 Å². The van der Waals surface area contributed by atoms with Crippen LogP contribution >= 0.6 is 0 Å². The normalized spacial score (nSPS) is 17.6. The Kier molecular flexibility index (Phi) is 3.06. The standard InChI is InChI=1S/C18H16N6O/c25-18(14-10-21-24-8-3-7-19-17(14)24)22-9-6-13(11-22)23-12-20-15-4-1-2-5-16(15)23/h1-5,7-8,10,12-13H,6,9,11H2. The summed E-state index contributed by atoms with van der Waals surface area (Å²) in [4.78, 5) is 23.5. The monoisotopic (exact) mass is 332 g/mol. The summed E-state index contributed by atoms with van der Waals surface area (Å²) in [5.41, 5.74) is 3.25. The van der Waals surface area contributed by atoms with Crippen LogP contribution in [-0.2, 0) is 0 Å². The number of aromatic nitrogens is 5. The van der Waals surface area contributed by atoms with Crippen LogP contribution in [0.25, 0.3) is 16.7 Å². The molecule has 0 aliphatic carbocycles. The minimum atomic E-state index is -0.0133. The van der Waals surface area contributed by atoms with Gasteiger partial charge >= 0.3 is 0 Å². The number of imidazole rings is 1. The zero-order chi connectivity index (χ0) is 16.8. The molecule has 1 aromatic carbocycles. The first kappa shape index (κ1) is 14.2. The molecule has 1 unspecified atom stereocenters. The molecule has 1 atom stereocenters. The minimum absolute atomic E-state index is 0.0133. The van der Waals surface area contributed by atoms with E-state index >= 15 is 0 Å². The lowest BCUT2D eigenvalue weighted by molar-refractivity contribution is 0.0789. The molecule has 124 valence electrons. The Bertz CT molecular complexity index is 1080. The third kappa shape index (κ3) is 2.20. The van der Waals surface area contributed by atoms with E-state index < -0.39 is 0 Å². The number of para-hydroxylation sites is 2. The number of nitrogens with zero attached hydrogens (tertiary/aromatic N) is 6. The number of benzene rings is 1. The fourth-order valence-corrected chi connectivity index (χ4v) is 3.57. The molecule has 0 radical (unpaired) electrons. The second-order valence-corrected chi connectivity index (χ2v) is 6.28. The number of rotatable bonds is 2. The Labute approximate surface area is 143 Å². The molecule has 4 aromatic rings. The first-order chi connectivity index (χ1) is 12.3. The number of carbonyl (C=O) groups excluding carboxylic acids is 1. The number of hydrogen-bond acceptors (Lipinski definition) is 4. The van der Waals surface area contributed by atoms with Crippen LogP contribution in [0.2, 0.25) is 0 Å². The number of hydrogen-bond donors (Lipinski definition) is 0. The first-order valence-corrected chi connectivity index (χ1v) is 8.30. The van der Waals surface area contributed by atoms with E-state index in [-0.39, 0.29) is 11.9 Å². The maximum atomic E-state index is 12.9. The summed E-state index contributed by atoms with van der Waals surface area (Å²) in [6.45, 7) is 1.39. The van der Waals surface area contributed by atoms with E-state index in [2.05, 4.69) is 25.7 Å². The van der Waals surface area contributed by atoms with E-state index in [0.717, 1.165) is 24.0 Å². The van der Waals surface area contributed by atoms with Gasteiger partial charge in [-0.15, -0.1) is 0 Å². The van der Waals surface area contributed by atoms with Crippen molar-refractivity contribution in [2.45, 2.75) is 12.5 Å². The molecular weight excluding hydrogens is 316 g/mol. The van der Waals surface area contributed by atoms with Gasteiger partial charge in [-0.3, -0.25) is 4.79 Å². The van der Waals surface area contributed by atoms with E-state index in [0.29, 0.717) is 17.8 Å². The van der Waals surface area contributed by atoms with Gasteiger partial charge in [0.1, 0.15) is 5.56 Å². The quantitative estimate of drug-likeness (QED) is 0.564. The molecule has 0 spiro atoms. The highest BCUT2D eigenvalue weighted by atomic mass is 16.2. The number of amides is 1. The van der Waals surface area contributed by atoms with Crippen molar-refractivity contribution in [2.75, 3.05) is 13.1 Å². The van der Waals surface area contributed by atoms with Crippen molar-refractivity contribution in [1.82, 2.24) is 29.0 Å². The zero-order valence-electron chi connectivity index (χ0n) is 13.5. The molecule has 0 bridgehead atoms. The van der Waals surface area contributed by atoms with Gasteiger partial charge < -0.3 is 9.47 Å². The van der Waals surface area contributed by atoms with Gasteiger partial charge in [0.25, 0.3) is 5.91 Å². The zero-order valence-corrected chi connectivity index (χ0v) is 13.5. The molecule has 3 aromatic heterocycles. The van der Waals surface area contributed by atoms with Crippen molar-refractivity contribution in [1.29, 1.82) is 0 Å². The van der Waals surface area contributed by atoms with Crippen LogP contribution in [0.15, 0.2) is 55.2 Å². The lowest BCUT2D eigenvalue weighted by Gasteiger charge is -2.17. The molecule has 25 heavy (non-hydrogen) atoms. The van der Waals surface area contributed by atoms with Gasteiger partial charge in [0.15, 0.2) is 5.65 Å². The molecule has 1 amide bonds. The van der Waals surface area contributed by atoms with Gasteiger partial charge in [-0.2, -0.15) is 5.10 Å². The predicted molar refractivity (Wildman–Crippen MR) is 92.3 cm³/mol.